The molecule has 0 spiro atoms. The van der Waals surface area contributed by atoms with Gasteiger partial charge in [0.1, 0.15) is 18.1 Å². The van der Waals surface area contributed by atoms with Crippen LogP contribution in [0, 0.1) is 0 Å². The Morgan fingerprint density at radius 2 is 1.47 bits per heavy atom. The summed E-state index contributed by atoms with van der Waals surface area (Å²) >= 11 is 0. The number of guanidine groups is 1. The van der Waals surface area contributed by atoms with Gasteiger partial charge in [-0.1, -0.05) is 18.2 Å². The van der Waals surface area contributed by atoms with E-state index in [1.54, 1.807) is 6.20 Å². The third-order valence-electron chi connectivity index (χ3n) is 6.63. The molecule has 4 amide bonds. The third kappa shape index (κ3) is 11.6. The Bertz CT molecular complexity index is 1290. The van der Waals surface area contributed by atoms with Crippen LogP contribution < -0.4 is 44.6 Å². The molecule has 4 atom stereocenters. The van der Waals surface area contributed by atoms with Crippen LogP contribution >= 0.6 is 0 Å². The first kappa shape index (κ1) is 34.5. The van der Waals surface area contributed by atoms with Gasteiger partial charge in [0.15, 0.2) is 5.96 Å². The minimum Gasteiger partial charge on any atom is -0.480 e. The zero-order valence-electron chi connectivity index (χ0n) is 23.9. The van der Waals surface area contributed by atoms with E-state index in [2.05, 4.69) is 25.9 Å². The van der Waals surface area contributed by atoms with Crippen LogP contribution in [0.15, 0.2) is 35.5 Å². The normalized spacial score (nSPS) is 13.7. The lowest BCUT2D eigenvalue weighted by Gasteiger charge is -2.25. The molecule has 0 saturated heterocycles. The Morgan fingerprint density at radius 3 is 2.07 bits per heavy atom. The van der Waals surface area contributed by atoms with Crippen molar-refractivity contribution in [3.8, 4) is 0 Å². The number of amides is 4. The Labute approximate surface area is 248 Å². The van der Waals surface area contributed by atoms with E-state index < -0.39 is 60.2 Å². The van der Waals surface area contributed by atoms with Crippen molar-refractivity contribution in [2.24, 2.45) is 33.7 Å². The van der Waals surface area contributed by atoms with Crippen LogP contribution in [0.5, 0.6) is 0 Å². The fourth-order valence-electron chi connectivity index (χ4n) is 4.39. The molecule has 0 radical (unpaired) electrons. The zero-order valence-corrected chi connectivity index (χ0v) is 23.9. The molecule has 0 fully saturated rings. The quantitative estimate of drug-likeness (QED) is 0.0463. The summed E-state index contributed by atoms with van der Waals surface area (Å²) in [5, 5.41) is 18.3. The second-order valence-corrected chi connectivity index (χ2v) is 10.1. The maximum Gasteiger partial charge on any atom is 0.326 e. The smallest absolute Gasteiger partial charge is 0.326 e. The number of aliphatic imine (C=N–C) groups is 1. The first-order valence-electron chi connectivity index (χ1n) is 13.9. The SMILES string of the molecule is NCCCCC(NC(=O)C(N)CC(N)=O)C(=O)NC(CCCN=C(N)N)C(=O)NC(Cc1c[nH]c2ccccc12)C(=O)O. The van der Waals surface area contributed by atoms with E-state index in [0.717, 1.165) is 10.9 Å². The number of carboxylic acid groups (broad SMARTS) is 1. The summed E-state index contributed by atoms with van der Waals surface area (Å²) < 4.78 is 0. The first-order chi connectivity index (χ1) is 20.4. The maximum atomic E-state index is 13.4. The minimum absolute atomic E-state index is 0.0186. The molecule has 15 N–H and O–H groups in total. The van der Waals surface area contributed by atoms with Gasteiger partial charge in [0.2, 0.25) is 23.6 Å². The van der Waals surface area contributed by atoms with Gasteiger partial charge in [-0.25, -0.2) is 4.79 Å². The molecule has 43 heavy (non-hydrogen) atoms. The van der Waals surface area contributed by atoms with Crippen molar-refractivity contribution >= 4 is 46.5 Å². The average molecular weight is 603 g/mol. The molecule has 2 rings (SSSR count). The third-order valence-corrected chi connectivity index (χ3v) is 6.63. The van der Waals surface area contributed by atoms with Gasteiger partial charge in [0.05, 0.1) is 12.5 Å². The molecule has 2 aromatic rings. The summed E-state index contributed by atoms with van der Waals surface area (Å²) in [7, 11) is 0. The van der Waals surface area contributed by atoms with E-state index in [-0.39, 0.29) is 38.2 Å². The second kappa shape index (κ2) is 17.3. The molecule has 236 valence electrons. The number of benzene rings is 1. The molecule has 0 saturated carbocycles. The topological polar surface area (TPSA) is 300 Å². The molecular formula is C27H42N10O6. The van der Waals surface area contributed by atoms with Gasteiger partial charge in [0.25, 0.3) is 0 Å². The molecule has 1 aromatic carbocycles. The Morgan fingerprint density at radius 1 is 0.860 bits per heavy atom. The fraction of sp³-hybridized carbons (Fsp3) is 0.481. The number of aromatic amines is 1. The number of para-hydroxylation sites is 1. The van der Waals surface area contributed by atoms with E-state index in [1.165, 1.54) is 0 Å². The van der Waals surface area contributed by atoms with Gasteiger partial charge < -0.3 is 54.7 Å². The summed E-state index contributed by atoms with van der Waals surface area (Å²) in [6.45, 7) is 0.505. The van der Waals surface area contributed by atoms with Crippen LogP contribution in [-0.4, -0.2) is 82.9 Å². The van der Waals surface area contributed by atoms with E-state index >= 15 is 0 Å². The summed E-state index contributed by atoms with van der Waals surface area (Å²) in [6, 6.07) is 2.44. The van der Waals surface area contributed by atoms with Gasteiger partial charge in [-0.05, 0) is 50.3 Å². The van der Waals surface area contributed by atoms with Crippen LogP contribution in [0.2, 0.25) is 0 Å². The number of primary amides is 1. The van der Waals surface area contributed by atoms with E-state index in [4.69, 9.17) is 28.7 Å². The largest absolute Gasteiger partial charge is 0.480 e. The number of aromatic nitrogens is 1. The van der Waals surface area contributed by atoms with Crippen molar-refractivity contribution in [3.63, 3.8) is 0 Å². The highest BCUT2D eigenvalue weighted by Gasteiger charge is 2.30. The number of hydrogen-bond acceptors (Lipinski definition) is 8. The predicted molar refractivity (Wildman–Crippen MR) is 160 cm³/mol. The van der Waals surface area contributed by atoms with Crippen LogP contribution in [0.1, 0.15) is 44.1 Å². The molecule has 16 heteroatoms. The molecule has 0 bridgehead atoms. The molecule has 1 aromatic heterocycles. The van der Waals surface area contributed by atoms with Crippen LogP contribution in [0.3, 0.4) is 0 Å². The number of carboxylic acids is 1. The summed E-state index contributed by atoms with van der Waals surface area (Å²) in [6.07, 6.45) is 2.75. The Hall–Kier alpha value is -4.70. The lowest BCUT2D eigenvalue weighted by molar-refractivity contribution is -0.142. The number of nitrogens with two attached hydrogens (primary N) is 5. The fourth-order valence-corrected chi connectivity index (χ4v) is 4.39. The number of carbonyl (C=O) groups is 5. The van der Waals surface area contributed by atoms with E-state index in [9.17, 15) is 29.1 Å². The van der Waals surface area contributed by atoms with Gasteiger partial charge in [-0.15, -0.1) is 0 Å². The number of H-pyrrole nitrogens is 1. The first-order valence-corrected chi connectivity index (χ1v) is 13.9. The van der Waals surface area contributed by atoms with Crippen molar-refractivity contribution in [1.29, 1.82) is 0 Å². The Kier molecular flexibility index (Phi) is 13.9. The number of nitrogens with one attached hydrogen (secondary N) is 4. The molecular weight excluding hydrogens is 560 g/mol. The van der Waals surface area contributed by atoms with Crippen molar-refractivity contribution in [2.45, 2.75) is 69.1 Å². The van der Waals surface area contributed by atoms with Gasteiger partial charge in [-0.2, -0.15) is 0 Å². The number of unbranched alkanes of at least 4 members (excludes halogenated alkanes) is 1. The van der Waals surface area contributed by atoms with Crippen molar-refractivity contribution < 1.29 is 29.1 Å². The summed E-state index contributed by atoms with van der Waals surface area (Å²) in [4.78, 5) is 69.6. The van der Waals surface area contributed by atoms with Gasteiger partial charge in [-0.3, -0.25) is 24.2 Å². The van der Waals surface area contributed by atoms with Gasteiger partial charge >= 0.3 is 5.97 Å². The second-order valence-electron chi connectivity index (χ2n) is 10.1. The van der Waals surface area contributed by atoms with E-state index in [1.807, 2.05) is 24.3 Å². The standard InChI is InChI=1S/C27H42N10O6/c28-10-4-3-8-19(35-23(39)17(29)13-22(30)38)24(40)36-20(9-5-11-33-27(31)32)25(41)37-21(26(42)43)12-15-14-34-18-7-2-1-6-16(15)18/h1-2,6-7,14,17,19-21,34H,3-5,8-13,28-29H2,(H2,30,38)(H,35,39)(H,36,40)(H,37,41)(H,42,43)(H4,31,32,33). The predicted octanol–water partition coefficient (Wildman–Crippen LogP) is -2.37. The molecule has 16 nitrogen and oxygen atoms in total. The van der Waals surface area contributed by atoms with Crippen molar-refractivity contribution in [1.82, 2.24) is 20.9 Å². The van der Waals surface area contributed by atoms with Crippen LogP contribution in [0.4, 0.5) is 0 Å². The van der Waals surface area contributed by atoms with E-state index in [0.29, 0.717) is 24.9 Å². The number of fused-ring (bicyclic) bond motifs is 1. The number of hydrogen-bond donors (Lipinski definition) is 10. The maximum absolute atomic E-state index is 13.4. The average Bonchev–Trinajstić information content (AvgIpc) is 3.35. The minimum atomic E-state index is -1.31. The van der Waals surface area contributed by atoms with Crippen LogP contribution in [0.25, 0.3) is 10.9 Å². The zero-order chi connectivity index (χ0) is 31.9. The number of carbonyl (C=O) groups excluding carboxylic acids is 4. The lowest BCUT2D eigenvalue weighted by atomic mass is 10.0. The number of nitrogens with zero attached hydrogens (tertiary/aromatic N) is 1. The van der Waals surface area contributed by atoms with Crippen molar-refractivity contribution in [3.05, 3.63) is 36.0 Å². The number of rotatable bonds is 19. The summed E-state index contributed by atoms with van der Waals surface area (Å²) in [5.41, 5.74) is 28.7. The molecule has 0 aliphatic heterocycles. The highest BCUT2D eigenvalue weighted by molar-refractivity contribution is 5.95. The molecule has 0 aliphatic rings. The molecule has 4 unspecified atom stereocenters. The molecule has 0 aliphatic carbocycles. The summed E-state index contributed by atoms with van der Waals surface area (Å²) in [5.74, 6) is -4.43. The monoisotopic (exact) mass is 602 g/mol. The lowest BCUT2D eigenvalue weighted by Crippen LogP contribution is -2.57. The highest BCUT2D eigenvalue weighted by Crippen LogP contribution is 2.19. The van der Waals surface area contributed by atoms with Crippen molar-refractivity contribution in [2.75, 3.05) is 13.1 Å². The van der Waals surface area contributed by atoms with Gasteiger partial charge in [0, 0.05) is 30.1 Å². The Balaban J connectivity index is 2.22. The highest BCUT2D eigenvalue weighted by atomic mass is 16.4. The number of aliphatic carboxylic acids is 1. The molecule has 1 heterocycles. The van der Waals surface area contributed by atoms with Crippen LogP contribution in [-0.2, 0) is 30.4 Å².